The van der Waals surface area contributed by atoms with Gasteiger partial charge in [0, 0.05) is 13.1 Å². The minimum atomic E-state index is 0.142. The van der Waals surface area contributed by atoms with Crippen LogP contribution in [0, 0.1) is 0 Å². The second-order valence-corrected chi connectivity index (χ2v) is 3.18. The van der Waals surface area contributed by atoms with Gasteiger partial charge in [-0.1, -0.05) is 0 Å². The third-order valence-corrected chi connectivity index (χ3v) is 2.22. The van der Waals surface area contributed by atoms with Crippen LogP contribution in [0.15, 0.2) is 12.7 Å². The lowest BCUT2D eigenvalue weighted by molar-refractivity contribution is -0.130. The summed E-state index contributed by atoms with van der Waals surface area (Å²) in [4.78, 5) is 17.2. The third-order valence-electron chi connectivity index (χ3n) is 2.22. The minimum absolute atomic E-state index is 0.142. The molecule has 0 radical (unpaired) electrons. The van der Waals surface area contributed by atoms with Crippen LogP contribution in [-0.4, -0.2) is 38.7 Å². The molecule has 2 heterocycles. The lowest BCUT2D eigenvalue weighted by Gasteiger charge is -2.14. The fourth-order valence-electron chi connectivity index (χ4n) is 1.52. The molecule has 0 spiro atoms. The van der Waals surface area contributed by atoms with Crippen LogP contribution in [0.5, 0.6) is 0 Å². The molecule has 1 aromatic heterocycles. The van der Waals surface area contributed by atoms with Crippen molar-refractivity contribution in [2.75, 3.05) is 13.1 Å². The smallest absolute Gasteiger partial charge is 0.244 e. The molecule has 1 aliphatic rings. The van der Waals surface area contributed by atoms with Crippen molar-refractivity contribution in [3.8, 4) is 0 Å². The Hall–Kier alpha value is -1.39. The summed E-state index contributed by atoms with van der Waals surface area (Å²) in [5.41, 5.74) is 0. The SMILES string of the molecule is O=C(Cn1cncn1)N1CCCC1. The van der Waals surface area contributed by atoms with Gasteiger partial charge < -0.3 is 4.90 Å². The van der Waals surface area contributed by atoms with E-state index in [4.69, 9.17) is 0 Å². The predicted molar refractivity (Wildman–Crippen MR) is 45.8 cm³/mol. The van der Waals surface area contributed by atoms with E-state index in [1.807, 2.05) is 4.90 Å². The average Bonchev–Trinajstić information content (AvgIpc) is 2.74. The Morgan fingerprint density at radius 3 is 2.77 bits per heavy atom. The summed E-state index contributed by atoms with van der Waals surface area (Å²) in [7, 11) is 0. The molecule has 1 saturated heterocycles. The van der Waals surface area contributed by atoms with E-state index in [9.17, 15) is 4.79 Å². The number of hydrogen-bond acceptors (Lipinski definition) is 3. The Balaban J connectivity index is 1.91. The second-order valence-electron chi connectivity index (χ2n) is 3.18. The first-order valence-corrected chi connectivity index (χ1v) is 4.46. The number of likely N-dealkylation sites (tertiary alicyclic amines) is 1. The zero-order chi connectivity index (χ0) is 9.10. The molecule has 1 aliphatic heterocycles. The number of hydrogen-bond donors (Lipinski definition) is 0. The Morgan fingerprint density at radius 2 is 2.15 bits per heavy atom. The molecule has 2 rings (SSSR count). The van der Waals surface area contributed by atoms with E-state index >= 15 is 0 Å². The summed E-state index contributed by atoms with van der Waals surface area (Å²) >= 11 is 0. The van der Waals surface area contributed by atoms with Crippen molar-refractivity contribution in [1.82, 2.24) is 19.7 Å². The minimum Gasteiger partial charge on any atom is -0.341 e. The molecule has 70 valence electrons. The van der Waals surface area contributed by atoms with Gasteiger partial charge in [0.25, 0.3) is 0 Å². The molecule has 5 heteroatoms. The van der Waals surface area contributed by atoms with E-state index in [-0.39, 0.29) is 5.91 Å². The predicted octanol–water partition coefficient (Wildman–Crippen LogP) is -0.0995. The molecule has 0 unspecified atom stereocenters. The van der Waals surface area contributed by atoms with E-state index < -0.39 is 0 Å². The highest BCUT2D eigenvalue weighted by Crippen LogP contribution is 2.07. The van der Waals surface area contributed by atoms with E-state index in [1.165, 1.54) is 6.33 Å². The van der Waals surface area contributed by atoms with E-state index in [0.29, 0.717) is 6.54 Å². The van der Waals surface area contributed by atoms with Gasteiger partial charge in [-0.25, -0.2) is 9.67 Å². The second kappa shape index (κ2) is 3.55. The van der Waals surface area contributed by atoms with Crippen molar-refractivity contribution in [2.24, 2.45) is 0 Å². The third kappa shape index (κ3) is 1.85. The summed E-state index contributed by atoms with van der Waals surface area (Å²) in [6.45, 7) is 2.11. The van der Waals surface area contributed by atoms with Crippen LogP contribution in [0.25, 0.3) is 0 Å². The van der Waals surface area contributed by atoms with Crippen molar-refractivity contribution >= 4 is 5.91 Å². The maximum atomic E-state index is 11.6. The fourth-order valence-corrected chi connectivity index (χ4v) is 1.52. The summed E-state index contributed by atoms with van der Waals surface area (Å²) in [5.74, 6) is 0.142. The van der Waals surface area contributed by atoms with E-state index in [0.717, 1.165) is 25.9 Å². The highest BCUT2D eigenvalue weighted by Gasteiger charge is 2.17. The topological polar surface area (TPSA) is 51.0 Å². The lowest BCUT2D eigenvalue weighted by Crippen LogP contribution is -2.31. The molecule has 1 aromatic rings. The molecule has 1 amide bonds. The quantitative estimate of drug-likeness (QED) is 0.638. The number of aromatic nitrogens is 3. The molecule has 0 bridgehead atoms. The van der Waals surface area contributed by atoms with E-state index in [2.05, 4.69) is 10.1 Å². The van der Waals surface area contributed by atoms with Gasteiger partial charge in [0.1, 0.15) is 19.2 Å². The van der Waals surface area contributed by atoms with Crippen molar-refractivity contribution in [2.45, 2.75) is 19.4 Å². The summed E-state index contributed by atoms with van der Waals surface area (Å²) in [5, 5.41) is 3.89. The number of rotatable bonds is 2. The molecule has 0 aliphatic carbocycles. The van der Waals surface area contributed by atoms with Gasteiger partial charge in [0.05, 0.1) is 0 Å². The van der Waals surface area contributed by atoms with Gasteiger partial charge in [0.2, 0.25) is 5.91 Å². The maximum absolute atomic E-state index is 11.6. The molecule has 13 heavy (non-hydrogen) atoms. The van der Waals surface area contributed by atoms with Crippen LogP contribution in [0.3, 0.4) is 0 Å². The summed E-state index contributed by atoms with van der Waals surface area (Å²) < 4.78 is 1.56. The molecule has 1 fully saturated rings. The van der Waals surface area contributed by atoms with Gasteiger partial charge in [-0.3, -0.25) is 4.79 Å². The van der Waals surface area contributed by atoms with Crippen molar-refractivity contribution in [3.63, 3.8) is 0 Å². The molecular formula is C8H12N4O. The Morgan fingerprint density at radius 1 is 1.38 bits per heavy atom. The number of carbonyl (C=O) groups excluding carboxylic acids is 1. The monoisotopic (exact) mass is 180 g/mol. The molecule has 0 atom stereocenters. The molecule has 0 aromatic carbocycles. The zero-order valence-corrected chi connectivity index (χ0v) is 7.39. The summed E-state index contributed by atoms with van der Waals surface area (Å²) in [6.07, 6.45) is 5.26. The van der Waals surface area contributed by atoms with Crippen molar-refractivity contribution in [3.05, 3.63) is 12.7 Å². The highest BCUT2D eigenvalue weighted by atomic mass is 16.2. The standard InChI is InChI=1S/C8H12N4O/c13-8(11-3-1-2-4-11)5-12-7-9-6-10-12/h6-7H,1-5H2. The van der Waals surface area contributed by atoms with Crippen LogP contribution >= 0.6 is 0 Å². The maximum Gasteiger partial charge on any atom is 0.244 e. The normalized spacial score (nSPS) is 16.5. The average molecular weight is 180 g/mol. The van der Waals surface area contributed by atoms with Crippen LogP contribution in [0.1, 0.15) is 12.8 Å². The van der Waals surface area contributed by atoms with Crippen LogP contribution in [0.4, 0.5) is 0 Å². The first-order chi connectivity index (χ1) is 6.36. The zero-order valence-electron chi connectivity index (χ0n) is 7.39. The molecule has 5 nitrogen and oxygen atoms in total. The van der Waals surface area contributed by atoms with Gasteiger partial charge in [-0.2, -0.15) is 5.10 Å². The largest absolute Gasteiger partial charge is 0.341 e. The van der Waals surface area contributed by atoms with Crippen molar-refractivity contribution in [1.29, 1.82) is 0 Å². The van der Waals surface area contributed by atoms with Crippen LogP contribution in [0.2, 0.25) is 0 Å². The highest BCUT2D eigenvalue weighted by molar-refractivity contribution is 5.76. The van der Waals surface area contributed by atoms with Crippen molar-refractivity contribution < 1.29 is 4.79 Å². The van der Waals surface area contributed by atoms with Crippen LogP contribution in [-0.2, 0) is 11.3 Å². The van der Waals surface area contributed by atoms with Gasteiger partial charge in [-0.15, -0.1) is 0 Å². The number of carbonyl (C=O) groups is 1. The fraction of sp³-hybridized carbons (Fsp3) is 0.625. The lowest BCUT2D eigenvalue weighted by atomic mass is 10.4. The molecule has 0 N–H and O–H groups in total. The first kappa shape index (κ1) is 8.22. The Bertz CT molecular complexity index is 276. The Kier molecular flexibility index (Phi) is 2.25. The Labute approximate surface area is 76.4 Å². The van der Waals surface area contributed by atoms with Gasteiger partial charge in [-0.05, 0) is 12.8 Å². The van der Waals surface area contributed by atoms with Gasteiger partial charge >= 0.3 is 0 Å². The molecular weight excluding hydrogens is 168 g/mol. The molecule has 0 saturated carbocycles. The summed E-state index contributed by atoms with van der Waals surface area (Å²) in [6, 6.07) is 0. The van der Waals surface area contributed by atoms with E-state index in [1.54, 1.807) is 11.0 Å². The number of nitrogens with zero attached hydrogens (tertiary/aromatic N) is 4. The number of amides is 1. The van der Waals surface area contributed by atoms with Gasteiger partial charge in [0.15, 0.2) is 0 Å². The first-order valence-electron chi connectivity index (χ1n) is 4.46. The van der Waals surface area contributed by atoms with Crippen LogP contribution < -0.4 is 0 Å².